The molecule has 0 fully saturated rings. The van der Waals surface area contributed by atoms with Crippen LogP contribution in [0.25, 0.3) is 0 Å². The number of hydrogen-bond donors (Lipinski definition) is 3. The van der Waals surface area contributed by atoms with Crippen molar-refractivity contribution in [3.63, 3.8) is 0 Å². The molecular formula is C11H22N2O4S. The molecule has 0 aliphatic heterocycles. The Kier molecular flexibility index (Phi) is 7.58. The fourth-order valence-corrected chi connectivity index (χ4v) is 2.02. The number of urea groups is 1. The lowest BCUT2D eigenvalue weighted by Crippen LogP contribution is -2.50. The number of nitrogens with one attached hydrogen (secondary N) is 2. The predicted molar refractivity (Wildman–Crippen MR) is 70.9 cm³/mol. The van der Waals surface area contributed by atoms with Crippen LogP contribution in [0.5, 0.6) is 0 Å². The van der Waals surface area contributed by atoms with Crippen LogP contribution in [0.1, 0.15) is 27.2 Å². The SMILES string of the molecule is CC(CCS(C)=O)NC(=O)N[C@H](C(=O)O)C(C)C. The summed E-state index contributed by atoms with van der Waals surface area (Å²) in [6.45, 7) is 5.24. The molecule has 7 heteroatoms. The molecule has 0 aromatic carbocycles. The molecule has 0 radical (unpaired) electrons. The third-order valence-electron chi connectivity index (χ3n) is 2.44. The monoisotopic (exact) mass is 278 g/mol. The summed E-state index contributed by atoms with van der Waals surface area (Å²) in [5.74, 6) is -0.734. The van der Waals surface area contributed by atoms with Crippen LogP contribution in [0, 0.1) is 5.92 Å². The van der Waals surface area contributed by atoms with Crippen LogP contribution in [0.4, 0.5) is 4.79 Å². The number of hydrogen-bond acceptors (Lipinski definition) is 3. The second-order valence-electron chi connectivity index (χ2n) is 4.64. The Morgan fingerprint density at radius 2 is 1.78 bits per heavy atom. The maximum absolute atomic E-state index is 11.6. The highest BCUT2D eigenvalue weighted by Crippen LogP contribution is 2.01. The Balaban J connectivity index is 4.16. The zero-order valence-corrected chi connectivity index (χ0v) is 12.0. The van der Waals surface area contributed by atoms with Crippen LogP contribution < -0.4 is 10.6 Å². The van der Waals surface area contributed by atoms with Crippen LogP contribution in [0.2, 0.25) is 0 Å². The number of aliphatic carboxylic acids is 1. The molecule has 0 bridgehead atoms. The molecule has 0 aliphatic carbocycles. The molecule has 6 nitrogen and oxygen atoms in total. The molecule has 0 spiro atoms. The molecule has 0 aromatic heterocycles. The van der Waals surface area contributed by atoms with Crippen molar-refractivity contribution in [2.75, 3.05) is 12.0 Å². The van der Waals surface area contributed by atoms with E-state index in [1.165, 1.54) is 0 Å². The number of amides is 2. The second kappa shape index (κ2) is 8.07. The van der Waals surface area contributed by atoms with Crippen LogP contribution in [-0.4, -0.2) is 45.4 Å². The van der Waals surface area contributed by atoms with Crippen LogP contribution >= 0.6 is 0 Å². The molecule has 0 rings (SSSR count). The topological polar surface area (TPSA) is 95.5 Å². The summed E-state index contributed by atoms with van der Waals surface area (Å²) in [6, 6.07) is -1.56. The lowest BCUT2D eigenvalue weighted by molar-refractivity contribution is -0.140. The number of carbonyl (C=O) groups excluding carboxylic acids is 1. The Morgan fingerprint density at radius 3 is 2.17 bits per heavy atom. The fourth-order valence-electron chi connectivity index (χ4n) is 1.34. The maximum Gasteiger partial charge on any atom is 0.326 e. The third kappa shape index (κ3) is 7.26. The molecule has 18 heavy (non-hydrogen) atoms. The van der Waals surface area contributed by atoms with Gasteiger partial charge in [0.05, 0.1) is 0 Å². The van der Waals surface area contributed by atoms with Gasteiger partial charge < -0.3 is 15.7 Å². The predicted octanol–water partition coefficient (Wildman–Crippen LogP) is 0.552. The quantitative estimate of drug-likeness (QED) is 0.634. The number of rotatable bonds is 7. The molecule has 0 aromatic rings. The molecule has 2 unspecified atom stereocenters. The van der Waals surface area contributed by atoms with Gasteiger partial charge in [-0.1, -0.05) is 13.8 Å². The number of carboxylic acid groups (broad SMARTS) is 1. The molecular weight excluding hydrogens is 256 g/mol. The molecule has 3 atom stereocenters. The Hall–Kier alpha value is -1.11. The first-order valence-corrected chi connectivity index (χ1v) is 7.56. The lowest BCUT2D eigenvalue weighted by atomic mass is 10.1. The van der Waals surface area contributed by atoms with Crippen molar-refractivity contribution < 1.29 is 18.9 Å². The van der Waals surface area contributed by atoms with Crippen molar-refractivity contribution in [1.82, 2.24) is 10.6 Å². The zero-order valence-electron chi connectivity index (χ0n) is 11.2. The van der Waals surface area contributed by atoms with Gasteiger partial charge in [-0.25, -0.2) is 9.59 Å². The summed E-state index contributed by atoms with van der Waals surface area (Å²) in [4.78, 5) is 22.5. The van der Waals surface area contributed by atoms with Gasteiger partial charge in [-0.3, -0.25) is 4.21 Å². The lowest BCUT2D eigenvalue weighted by Gasteiger charge is -2.20. The van der Waals surface area contributed by atoms with Crippen molar-refractivity contribution in [2.24, 2.45) is 5.92 Å². The highest BCUT2D eigenvalue weighted by Gasteiger charge is 2.23. The maximum atomic E-state index is 11.6. The van der Waals surface area contributed by atoms with Gasteiger partial charge in [0, 0.05) is 28.9 Å². The Morgan fingerprint density at radius 1 is 1.22 bits per heavy atom. The van der Waals surface area contributed by atoms with Gasteiger partial charge in [0.1, 0.15) is 6.04 Å². The van der Waals surface area contributed by atoms with Gasteiger partial charge in [0.2, 0.25) is 0 Å². The summed E-state index contributed by atoms with van der Waals surface area (Å²) >= 11 is 0. The minimum absolute atomic E-state index is 0.143. The summed E-state index contributed by atoms with van der Waals surface area (Å²) in [7, 11) is -0.892. The summed E-state index contributed by atoms with van der Waals surface area (Å²) in [5.41, 5.74) is 0. The van der Waals surface area contributed by atoms with E-state index in [1.807, 2.05) is 0 Å². The van der Waals surface area contributed by atoms with E-state index in [0.29, 0.717) is 12.2 Å². The van der Waals surface area contributed by atoms with E-state index in [-0.39, 0.29) is 12.0 Å². The smallest absolute Gasteiger partial charge is 0.326 e. The van der Waals surface area contributed by atoms with E-state index in [1.54, 1.807) is 27.0 Å². The molecule has 2 amide bonds. The minimum Gasteiger partial charge on any atom is -0.480 e. The van der Waals surface area contributed by atoms with Gasteiger partial charge in [-0.15, -0.1) is 0 Å². The van der Waals surface area contributed by atoms with E-state index in [0.717, 1.165) is 0 Å². The zero-order chi connectivity index (χ0) is 14.3. The third-order valence-corrected chi connectivity index (χ3v) is 3.25. The molecule has 0 heterocycles. The molecule has 0 saturated carbocycles. The molecule has 0 aliphatic rings. The highest BCUT2D eigenvalue weighted by atomic mass is 32.2. The highest BCUT2D eigenvalue weighted by molar-refractivity contribution is 7.84. The summed E-state index contributed by atoms with van der Waals surface area (Å²) < 4.78 is 10.9. The van der Waals surface area contributed by atoms with Gasteiger partial charge in [0.15, 0.2) is 0 Å². The van der Waals surface area contributed by atoms with Crippen molar-refractivity contribution in [1.29, 1.82) is 0 Å². The normalized spacial score (nSPS) is 15.8. The summed E-state index contributed by atoms with van der Waals surface area (Å²) in [5, 5.41) is 14.0. The van der Waals surface area contributed by atoms with E-state index in [9.17, 15) is 13.8 Å². The minimum atomic E-state index is -1.05. The first-order valence-electron chi connectivity index (χ1n) is 5.84. The van der Waals surface area contributed by atoms with Crippen LogP contribution in [0.3, 0.4) is 0 Å². The largest absolute Gasteiger partial charge is 0.480 e. The fraction of sp³-hybridized carbons (Fsp3) is 0.818. The standard InChI is InChI=1S/C11H22N2O4S/c1-7(2)9(10(14)15)13-11(16)12-8(3)5-6-18(4)17/h7-9H,5-6H2,1-4H3,(H,14,15)(H2,12,13,16)/t8?,9-,18?/m0/s1. The van der Waals surface area contributed by atoms with Crippen molar-refractivity contribution in [3.8, 4) is 0 Å². The van der Waals surface area contributed by atoms with Gasteiger partial charge in [0.25, 0.3) is 0 Å². The van der Waals surface area contributed by atoms with E-state index in [4.69, 9.17) is 5.11 Å². The van der Waals surface area contributed by atoms with Crippen molar-refractivity contribution >= 4 is 22.8 Å². The average molecular weight is 278 g/mol. The average Bonchev–Trinajstić information content (AvgIpc) is 2.22. The van der Waals surface area contributed by atoms with E-state index < -0.39 is 28.8 Å². The van der Waals surface area contributed by atoms with Crippen LogP contribution in [-0.2, 0) is 15.6 Å². The second-order valence-corrected chi connectivity index (χ2v) is 6.20. The van der Waals surface area contributed by atoms with Gasteiger partial charge in [-0.2, -0.15) is 0 Å². The van der Waals surface area contributed by atoms with Gasteiger partial charge >= 0.3 is 12.0 Å². The Labute approximate surface area is 110 Å². The van der Waals surface area contributed by atoms with Gasteiger partial charge in [-0.05, 0) is 19.3 Å². The molecule has 106 valence electrons. The van der Waals surface area contributed by atoms with Crippen molar-refractivity contribution in [3.05, 3.63) is 0 Å². The van der Waals surface area contributed by atoms with E-state index in [2.05, 4.69) is 10.6 Å². The van der Waals surface area contributed by atoms with E-state index >= 15 is 0 Å². The number of carbonyl (C=O) groups is 2. The Bertz CT molecular complexity index is 320. The van der Waals surface area contributed by atoms with Crippen molar-refractivity contribution in [2.45, 2.75) is 39.3 Å². The first kappa shape index (κ1) is 16.9. The summed E-state index contributed by atoms with van der Waals surface area (Å²) in [6.07, 6.45) is 2.20. The van der Waals surface area contributed by atoms with Crippen LogP contribution in [0.15, 0.2) is 0 Å². The molecule has 3 N–H and O–H groups in total. The first-order chi connectivity index (χ1) is 8.23. The number of carboxylic acids is 1. The molecule has 0 saturated heterocycles.